The van der Waals surface area contributed by atoms with E-state index in [1.54, 1.807) is 4.90 Å². The molecular formula is C11H16F2N4O3. The molecule has 20 heavy (non-hydrogen) atoms. The Hall–Kier alpha value is -1.77. The summed E-state index contributed by atoms with van der Waals surface area (Å²) in [4.78, 5) is 12.0. The first kappa shape index (κ1) is 14.6. The minimum atomic E-state index is -2.63. The van der Waals surface area contributed by atoms with Gasteiger partial charge in [0, 0.05) is 13.1 Å². The zero-order valence-corrected chi connectivity index (χ0v) is 10.8. The monoisotopic (exact) mass is 290 g/mol. The number of aliphatic hydroxyl groups excluding tert-OH is 1. The van der Waals surface area contributed by atoms with Gasteiger partial charge in [0.2, 0.25) is 5.82 Å². The highest BCUT2D eigenvalue weighted by atomic mass is 19.3. The van der Waals surface area contributed by atoms with Crippen LogP contribution in [0, 0.1) is 10.1 Å². The van der Waals surface area contributed by atoms with Crippen LogP contribution in [0.25, 0.3) is 0 Å². The van der Waals surface area contributed by atoms with E-state index in [2.05, 4.69) is 5.10 Å². The zero-order valence-electron chi connectivity index (χ0n) is 10.8. The van der Waals surface area contributed by atoms with Crippen molar-refractivity contribution in [2.24, 2.45) is 0 Å². The van der Waals surface area contributed by atoms with E-state index in [9.17, 15) is 24.0 Å². The molecule has 0 amide bonds. The Morgan fingerprint density at radius 1 is 1.50 bits per heavy atom. The molecule has 0 aromatic carbocycles. The van der Waals surface area contributed by atoms with Gasteiger partial charge in [-0.3, -0.25) is 10.1 Å². The van der Waals surface area contributed by atoms with E-state index in [0.29, 0.717) is 32.4 Å². The highest BCUT2D eigenvalue weighted by Gasteiger charge is 2.28. The third kappa shape index (κ3) is 3.21. The van der Waals surface area contributed by atoms with Gasteiger partial charge in [-0.05, 0) is 19.3 Å². The molecule has 0 radical (unpaired) electrons. The second kappa shape index (κ2) is 6.12. The van der Waals surface area contributed by atoms with Gasteiger partial charge in [-0.25, -0.2) is 13.5 Å². The SMILES string of the molecule is O=[N+]([O-])c1cnn(CC(F)F)c1N1CCC[C@H](O)CC1. The van der Waals surface area contributed by atoms with Gasteiger partial charge in [0.1, 0.15) is 12.7 Å². The maximum absolute atomic E-state index is 12.5. The van der Waals surface area contributed by atoms with E-state index in [0.717, 1.165) is 10.9 Å². The van der Waals surface area contributed by atoms with E-state index in [4.69, 9.17) is 0 Å². The number of hydrogen-bond acceptors (Lipinski definition) is 5. The quantitative estimate of drug-likeness (QED) is 0.669. The van der Waals surface area contributed by atoms with Crippen molar-refractivity contribution in [3.8, 4) is 0 Å². The Morgan fingerprint density at radius 2 is 2.25 bits per heavy atom. The molecule has 0 bridgehead atoms. The normalized spacial score (nSPS) is 20.2. The molecule has 1 fully saturated rings. The summed E-state index contributed by atoms with van der Waals surface area (Å²) in [6, 6.07) is 0. The Kier molecular flexibility index (Phi) is 4.48. The second-order valence-corrected chi connectivity index (χ2v) is 4.76. The van der Waals surface area contributed by atoms with Crippen LogP contribution in [0.3, 0.4) is 0 Å². The number of nitrogens with zero attached hydrogens (tertiary/aromatic N) is 4. The van der Waals surface area contributed by atoms with Gasteiger partial charge in [0.15, 0.2) is 0 Å². The highest BCUT2D eigenvalue weighted by molar-refractivity contribution is 5.57. The predicted octanol–water partition coefficient (Wildman–Crippen LogP) is 1.41. The molecular weight excluding hydrogens is 274 g/mol. The van der Waals surface area contributed by atoms with Crippen LogP contribution >= 0.6 is 0 Å². The molecule has 9 heteroatoms. The second-order valence-electron chi connectivity index (χ2n) is 4.76. The molecule has 1 atom stereocenters. The average molecular weight is 290 g/mol. The Balaban J connectivity index is 2.31. The number of nitro groups is 1. The molecule has 0 unspecified atom stereocenters. The van der Waals surface area contributed by atoms with Crippen molar-refractivity contribution in [2.75, 3.05) is 18.0 Å². The van der Waals surface area contributed by atoms with Crippen molar-refractivity contribution in [1.29, 1.82) is 0 Å². The lowest BCUT2D eigenvalue weighted by molar-refractivity contribution is -0.384. The Bertz CT molecular complexity index is 480. The maximum Gasteiger partial charge on any atom is 0.331 e. The minimum Gasteiger partial charge on any atom is -0.393 e. The van der Waals surface area contributed by atoms with Crippen LogP contribution < -0.4 is 4.90 Å². The standard InChI is InChI=1S/C11H16F2N4O3/c12-10(13)7-16-11(9(6-14-16)17(19)20)15-4-1-2-8(18)3-5-15/h6,8,10,18H,1-5,7H2/t8-/m0/s1. The summed E-state index contributed by atoms with van der Waals surface area (Å²) in [5, 5.41) is 24.3. The molecule has 2 heterocycles. The summed E-state index contributed by atoms with van der Waals surface area (Å²) in [6.45, 7) is 0.187. The van der Waals surface area contributed by atoms with Gasteiger partial charge in [-0.1, -0.05) is 0 Å². The van der Waals surface area contributed by atoms with Crippen LogP contribution in [0.4, 0.5) is 20.3 Å². The number of aliphatic hydroxyl groups is 1. The van der Waals surface area contributed by atoms with Crippen molar-refractivity contribution >= 4 is 11.5 Å². The smallest absolute Gasteiger partial charge is 0.331 e. The van der Waals surface area contributed by atoms with Crippen LogP contribution in [0.15, 0.2) is 6.20 Å². The molecule has 1 aromatic rings. The number of aromatic nitrogens is 2. The molecule has 0 saturated carbocycles. The van der Waals surface area contributed by atoms with E-state index in [1.165, 1.54) is 0 Å². The molecule has 2 rings (SSSR count). The summed E-state index contributed by atoms with van der Waals surface area (Å²) in [7, 11) is 0. The van der Waals surface area contributed by atoms with Crippen molar-refractivity contribution in [2.45, 2.75) is 38.3 Å². The van der Waals surface area contributed by atoms with Crippen LogP contribution in [0.2, 0.25) is 0 Å². The van der Waals surface area contributed by atoms with Gasteiger partial charge in [-0.2, -0.15) is 5.10 Å². The number of alkyl halides is 2. The molecule has 0 spiro atoms. The molecule has 112 valence electrons. The Morgan fingerprint density at radius 3 is 2.90 bits per heavy atom. The fourth-order valence-electron chi connectivity index (χ4n) is 2.38. The first-order valence-corrected chi connectivity index (χ1v) is 6.40. The number of rotatable bonds is 4. The largest absolute Gasteiger partial charge is 0.393 e. The van der Waals surface area contributed by atoms with E-state index in [1.807, 2.05) is 0 Å². The molecule has 1 N–H and O–H groups in total. The molecule has 1 aromatic heterocycles. The molecule has 7 nitrogen and oxygen atoms in total. The Labute approximate surface area is 113 Å². The summed E-state index contributed by atoms with van der Waals surface area (Å²) >= 11 is 0. The van der Waals surface area contributed by atoms with E-state index < -0.39 is 24.0 Å². The summed E-state index contributed by atoms with van der Waals surface area (Å²) in [5.41, 5.74) is -0.276. The molecule has 1 saturated heterocycles. The third-order valence-electron chi connectivity index (χ3n) is 3.30. The lowest BCUT2D eigenvalue weighted by Gasteiger charge is -2.22. The van der Waals surface area contributed by atoms with Crippen molar-refractivity contribution in [3.63, 3.8) is 0 Å². The molecule has 0 aliphatic carbocycles. The van der Waals surface area contributed by atoms with Crippen LogP contribution in [0.5, 0.6) is 0 Å². The molecule has 1 aliphatic rings. The van der Waals surface area contributed by atoms with E-state index in [-0.39, 0.29) is 11.5 Å². The topological polar surface area (TPSA) is 84.4 Å². The summed E-state index contributed by atoms with van der Waals surface area (Å²) < 4.78 is 26.0. The van der Waals surface area contributed by atoms with Gasteiger partial charge in [0.25, 0.3) is 6.43 Å². The van der Waals surface area contributed by atoms with Gasteiger partial charge >= 0.3 is 5.69 Å². The van der Waals surface area contributed by atoms with Gasteiger partial charge < -0.3 is 10.0 Å². The number of halogens is 2. The summed E-state index contributed by atoms with van der Waals surface area (Å²) in [6.07, 6.45) is -0.377. The summed E-state index contributed by atoms with van der Waals surface area (Å²) in [5.74, 6) is 0.101. The van der Waals surface area contributed by atoms with Crippen LogP contribution in [-0.4, -0.2) is 45.4 Å². The highest BCUT2D eigenvalue weighted by Crippen LogP contribution is 2.30. The lowest BCUT2D eigenvalue weighted by Crippen LogP contribution is -2.28. The van der Waals surface area contributed by atoms with E-state index >= 15 is 0 Å². The zero-order chi connectivity index (χ0) is 14.7. The number of hydrogen-bond donors (Lipinski definition) is 1. The lowest BCUT2D eigenvalue weighted by atomic mass is 10.2. The maximum atomic E-state index is 12.5. The fraction of sp³-hybridized carbons (Fsp3) is 0.727. The van der Waals surface area contributed by atoms with Gasteiger partial charge in [-0.15, -0.1) is 0 Å². The third-order valence-corrected chi connectivity index (χ3v) is 3.30. The fourth-order valence-corrected chi connectivity index (χ4v) is 2.38. The van der Waals surface area contributed by atoms with Crippen molar-refractivity contribution in [1.82, 2.24) is 9.78 Å². The van der Waals surface area contributed by atoms with Crippen LogP contribution in [0.1, 0.15) is 19.3 Å². The van der Waals surface area contributed by atoms with Crippen LogP contribution in [-0.2, 0) is 6.54 Å². The average Bonchev–Trinajstić information content (AvgIpc) is 2.64. The number of anilines is 1. The van der Waals surface area contributed by atoms with Crippen molar-refractivity contribution < 1.29 is 18.8 Å². The first-order valence-electron chi connectivity index (χ1n) is 6.40. The molecule has 1 aliphatic heterocycles. The predicted molar refractivity (Wildman–Crippen MR) is 67.0 cm³/mol. The van der Waals surface area contributed by atoms with Gasteiger partial charge in [0.05, 0.1) is 11.0 Å². The van der Waals surface area contributed by atoms with Crippen molar-refractivity contribution in [3.05, 3.63) is 16.3 Å². The minimum absolute atomic E-state index is 0.101. The first-order chi connectivity index (χ1) is 9.49.